The average molecular weight is 259 g/mol. The zero-order chi connectivity index (χ0) is 10.9. The number of hydrogen-bond acceptors (Lipinski definition) is 0. The molecule has 0 bridgehead atoms. The van der Waals surface area contributed by atoms with E-state index in [1.165, 1.54) is 0 Å². The summed E-state index contributed by atoms with van der Waals surface area (Å²) in [6.07, 6.45) is 0. The van der Waals surface area contributed by atoms with Crippen LogP contribution < -0.4 is 0 Å². The summed E-state index contributed by atoms with van der Waals surface area (Å²) in [7, 11) is 0. The minimum Gasteiger partial charge on any atom is -0.206 e. The molecule has 0 aliphatic carbocycles. The molecule has 0 amide bonds. The van der Waals surface area contributed by atoms with Gasteiger partial charge in [-0.05, 0) is 35.1 Å². The molecule has 0 N–H and O–H groups in total. The highest BCUT2D eigenvalue weighted by Gasteiger charge is 2.14. The van der Waals surface area contributed by atoms with Crippen molar-refractivity contribution in [3.8, 4) is 0 Å². The molecule has 0 aliphatic rings. The lowest BCUT2D eigenvalue weighted by atomic mass is 9.95. The molecule has 1 aromatic carbocycles. The second-order valence-electron chi connectivity index (χ2n) is 4.21. The second kappa shape index (κ2) is 4.43. The predicted molar refractivity (Wildman–Crippen MR) is 62.3 cm³/mol. The lowest BCUT2D eigenvalue weighted by Gasteiger charge is -2.14. The standard InChI is InChI=1S/C12H16BrF/c1-7(2)10-5-9(13)6-11(8(3)4)12(10)14/h5-8H,1-4H3. The maximum Gasteiger partial charge on any atom is 0.130 e. The highest BCUT2D eigenvalue weighted by Crippen LogP contribution is 2.29. The van der Waals surface area contributed by atoms with Crippen LogP contribution in [0.5, 0.6) is 0 Å². The third-order valence-electron chi connectivity index (χ3n) is 2.34. The lowest BCUT2D eigenvalue weighted by molar-refractivity contribution is 0.572. The first-order valence-electron chi connectivity index (χ1n) is 4.92. The molecule has 2 heteroatoms. The van der Waals surface area contributed by atoms with Crippen LogP contribution in [0.2, 0.25) is 0 Å². The van der Waals surface area contributed by atoms with Crippen molar-refractivity contribution < 1.29 is 4.39 Å². The molecule has 0 fully saturated rings. The Hall–Kier alpha value is -0.370. The first-order valence-corrected chi connectivity index (χ1v) is 5.71. The van der Waals surface area contributed by atoms with E-state index in [1.807, 2.05) is 39.8 Å². The van der Waals surface area contributed by atoms with Crippen molar-refractivity contribution in [1.82, 2.24) is 0 Å². The van der Waals surface area contributed by atoms with E-state index >= 15 is 0 Å². The van der Waals surface area contributed by atoms with Gasteiger partial charge in [0.2, 0.25) is 0 Å². The van der Waals surface area contributed by atoms with E-state index in [9.17, 15) is 4.39 Å². The van der Waals surface area contributed by atoms with E-state index in [4.69, 9.17) is 0 Å². The Bertz CT molecular complexity index is 300. The number of rotatable bonds is 2. The topological polar surface area (TPSA) is 0 Å². The summed E-state index contributed by atoms with van der Waals surface area (Å²) in [4.78, 5) is 0. The van der Waals surface area contributed by atoms with Gasteiger partial charge in [0.15, 0.2) is 0 Å². The molecule has 14 heavy (non-hydrogen) atoms. The van der Waals surface area contributed by atoms with Gasteiger partial charge in [0.1, 0.15) is 5.82 Å². The molecule has 1 aromatic rings. The van der Waals surface area contributed by atoms with Crippen LogP contribution in [0, 0.1) is 5.82 Å². The Morgan fingerprint density at radius 1 is 1.00 bits per heavy atom. The first kappa shape index (κ1) is 11.7. The van der Waals surface area contributed by atoms with E-state index < -0.39 is 0 Å². The fourth-order valence-electron chi connectivity index (χ4n) is 1.47. The summed E-state index contributed by atoms with van der Waals surface area (Å²) < 4.78 is 14.9. The molecule has 0 saturated carbocycles. The molecule has 0 radical (unpaired) electrons. The van der Waals surface area contributed by atoms with Crippen LogP contribution in [0.15, 0.2) is 16.6 Å². The Kier molecular flexibility index (Phi) is 3.71. The van der Waals surface area contributed by atoms with Crippen LogP contribution >= 0.6 is 15.9 Å². The molecule has 0 aliphatic heterocycles. The number of hydrogen-bond donors (Lipinski definition) is 0. The van der Waals surface area contributed by atoms with E-state index in [0.29, 0.717) is 0 Å². The molecular weight excluding hydrogens is 243 g/mol. The number of halogens is 2. The normalized spacial score (nSPS) is 11.4. The summed E-state index contributed by atoms with van der Waals surface area (Å²) in [6, 6.07) is 3.73. The molecule has 0 unspecified atom stereocenters. The Balaban J connectivity index is 3.32. The summed E-state index contributed by atoms with van der Waals surface area (Å²) in [6.45, 7) is 8.04. The average Bonchev–Trinajstić information content (AvgIpc) is 2.07. The van der Waals surface area contributed by atoms with Crippen molar-refractivity contribution in [2.45, 2.75) is 39.5 Å². The SMILES string of the molecule is CC(C)c1cc(Br)cc(C(C)C)c1F. The zero-order valence-electron chi connectivity index (χ0n) is 9.07. The van der Waals surface area contributed by atoms with Gasteiger partial charge in [-0.25, -0.2) is 4.39 Å². The van der Waals surface area contributed by atoms with Crippen LogP contribution in [0.3, 0.4) is 0 Å². The monoisotopic (exact) mass is 258 g/mol. The van der Waals surface area contributed by atoms with Crippen molar-refractivity contribution in [2.75, 3.05) is 0 Å². The molecular formula is C12H16BrF. The summed E-state index contributed by atoms with van der Waals surface area (Å²) in [5, 5.41) is 0. The smallest absolute Gasteiger partial charge is 0.130 e. The van der Waals surface area contributed by atoms with Crippen molar-refractivity contribution in [3.63, 3.8) is 0 Å². The van der Waals surface area contributed by atoms with E-state index in [1.54, 1.807) is 0 Å². The van der Waals surface area contributed by atoms with Gasteiger partial charge in [0, 0.05) is 4.47 Å². The number of benzene rings is 1. The van der Waals surface area contributed by atoms with Gasteiger partial charge in [-0.1, -0.05) is 43.6 Å². The zero-order valence-corrected chi connectivity index (χ0v) is 10.7. The van der Waals surface area contributed by atoms with Crippen LogP contribution in [0.1, 0.15) is 50.7 Å². The van der Waals surface area contributed by atoms with E-state index in [-0.39, 0.29) is 17.7 Å². The van der Waals surface area contributed by atoms with Gasteiger partial charge in [0.25, 0.3) is 0 Å². The van der Waals surface area contributed by atoms with Crippen LogP contribution in [-0.4, -0.2) is 0 Å². The fraction of sp³-hybridized carbons (Fsp3) is 0.500. The van der Waals surface area contributed by atoms with Gasteiger partial charge in [-0.15, -0.1) is 0 Å². The van der Waals surface area contributed by atoms with Crippen molar-refractivity contribution >= 4 is 15.9 Å². The van der Waals surface area contributed by atoms with Crippen molar-refractivity contribution in [2.24, 2.45) is 0 Å². The third-order valence-corrected chi connectivity index (χ3v) is 2.80. The molecule has 0 atom stereocenters. The van der Waals surface area contributed by atoms with E-state index in [2.05, 4.69) is 15.9 Å². The summed E-state index contributed by atoms with van der Waals surface area (Å²) in [5.41, 5.74) is 1.59. The van der Waals surface area contributed by atoms with Gasteiger partial charge in [0.05, 0.1) is 0 Å². The van der Waals surface area contributed by atoms with Crippen molar-refractivity contribution in [3.05, 3.63) is 33.5 Å². The molecule has 1 rings (SSSR count). The molecule has 0 spiro atoms. The predicted octanol–water partition coefficient (Wildman–Crippen LogP) is 4.84. The van der Waals surface area contributed by atoms with Crippen LogP contribution in [0.4, 0.5) is 4.39 Å². The molecule has 0 aromatic heterocycles. The molecule has 0 saturated heterocycles. The second-order valence-corrected chi connectivity index (χ2v) is 5.12. The Labute approximate surface area is 93.7 Å². The largest absolute Gasteiger partial charge is 0.206 e. The first-order chi connectivity index (χ1) is 6.43. The fourth-order valence-corrected chi connectivity index (χ4v) is 1.97. The van der Waals surface area contributed by atoms with Gasteiger partial charge in [-0.2, -0.15) is 0 Å². The maximum atomic E-state index is 13.9. The van der Waals surface area contributed by atoms with Gasteiger partial charge < -0.3 is 0 Å². The Morgan fingerprint density at radius 2 is 1.36 bits per heavy atom. The lowest BCUT2D eigenvalue weighted by Crippen LogP contribution is -2.00. The third kappa shape index (κ3) is 2.35. The Morgan fingerprint density at radius 3 is 1.64 bits per heavy atom. The quantitative estimate of drug-likeness (QED) is 0.713. The minimum absolute atomic E-state index is 0.0433. The molecule has 78 valence electrons. The van der Waals surface area contributed by atoms with Crippen LogP contribution in [-0.2, 0) is 0 Å². The summed E-state index contributed by atoms with van der Waals surface area (Å²) >= 11 is 3.42. The highest BCUT2D eigenvalue weighted by molar-refractivity contribution is 9.10. The van der Waals surface area contributed by atoms with Gasteiger partial charge >= 0.3 is 0 Å². The molecule has 0 heterocycles. The highest BCUT2D eigenvalue weighted by atomic mass is 79.9. The van der Waals surface area contributed by atoms with Crippen molar-refractivity contribution in [1.29, 1.82) is 0 Å². The van der Waals surface area contributed by atoms with Crippen LogP contribution in [0.25, 0.3) is 0 Å². The van der Waals surface area contributed by atoms with Gasteiger partial charge in [-0.3, -0.25) is 0 Å². The summed E-state index contributed by atoms with van der Waals surface area (Å²) in [5.74, 6) is 0.410. The maximum absolute atomic E-state index is 13.9. The minimum atomic E-state index is -0.0433. The van der Waals surface area contributed by atoms with E-state index in [0.717, 1.165) is 15.6 Å². The molecule has 0 nitrogen and oxygen atoms in total.